The van der Waals surface area contributed by atoms with E-state index in [1.54, 1.807) is 0 Å². The number of piperidine rings is 1. The minimum atomic E-state index is -2.54. The van der Waals surface area contributed by atoms with E-state index in [0.29, 0.717) is 12.4 Å². The molecule has 2 fully saturated rings. The highest BCUT2D eigenvalue weighted by atomic mass is 19.3. The Hall–Kier alpha value is -2.65. The van der Waals surface area contributed by atoms with Crippen molar-refractivity contribution in [2.45, 2.75) is 43.4 Å². The summed E-state index contributed by atoms with van der Waals surface area (Å²) in [7, 11) is 0. The van der Waals surface area contributed by atoms with Gasteiger partial charge in [0.05, 0.1) is 12.3 Å². The number of carboxylic acid groups (broad SMARTS) is 1. The summed E-state index contributed by atoms with van der Waals surface area (Å²) in [5.41, 5.74) is 3.17. The summed E-state index contributed by atoms with van der Waals surface area (Å²) < 4.78 is 26.8. The Labute approximate surface area is 191 Å². The van der Waals surface area contributed by atoms with Crippen molar-refractivity contribution in [2.75, 3.05) is 38.1 Å². The molecule has 7 nitrogen and oxygen atoms in total. The van der Waals surface area contributed by atoms with Crippen LogP contribution in [-0.2, 0) is 16.6 Å². The first-order valence-electron chi connectivity index (χ1n) is 11.4. The second-order valence-corrected chi connectivity index (χ2v) is 9.08. The average Bonchev–Trinajstić information content (AvgIpc) is 3.29. The van der Waals surface area contributed by atoms with Crippen molar-refractivity contribution in [3.05, 3.63) is 41.6 Å². The maximum atomic E-state index is 13.4. The standard InChI is InChI=1S/C23H28F2N4O.CH2O2/c24-23(25)14-17(23)15-26-21-18-6-7-22(8-10-29(11-9-22)12-13-30)19(18)27-20(28-21)16-4-2-1-3-5-16;2-1-3/h1-5,17,30H,6-15H2,(H,26,27,28);1H,(H,2,3). The number of carbonyl (C=O) groups is 1. The molecular weight excluding hydrogens is 430 g/mol. The van der Waals surface area contributed by atoms with Crippen LogP contribution in [0.2, 0.25) is 0 Å². The van der Waals surface area contributed by atoms with Gasteiger partial charge in [0.25, 0.3) is 12.4 Å². The van der Waals surface area contributed by atoms with E-state index in [-0.39, 0.29) is 31.5 Å². The summed E-state index contributed by atoms with van der Waals surface area (Å²) in [6.45, 7) is 2.79. The number of rotatable bonds is 6. The molecule has 1 atom stereocenters. The smallest absolute Gasteiger partial charge is 0.290 e. The number of alkyl halides is 2. The molecule has 3 aliphatic rings. The van der Waals surface area contributed by atoms with Crippen LogP contribution in [0.3, 0.4) is 0 Å². The maximum Gasteiger partial charge on any atom is 0.290 e. The van der Waals surface area contributed by atoms with Gasteiger partial charge in [0.2, 0.25) is 0 Å². The van der Waals surface area contributed by atoms with E-state index in [9.17, 15) is 13.9 Å². The van der Waals surface area contributed by atoms with Gasteiger partial charge >= 0.3 is 0 Å². The molecule has 1 spiro atoms. The Morgan fingerprint density at radius 3 is 2.42 bits per heavy atom. The van der Waals surface area contributed by atoms with Crippen LogP contribution in [0.15, 0.2) is 30.3 Å². The van der Waals surface area contributed by atoms with Crippen molar-refractivity contribution in [1.29, 1.82) is 0 Å². The monoisotopic (exact) mass is 460 g/mol. The number of nitrogens with one attached hydrogen (secondary N) is 1. The Kier molecular flexibility index (Phi) is 6.90. The van der Waals surface area contributed by atoms with Crippen LogP contribution in [0.5, 0.6) is 0 Å². The molecule has 3 N–H and O–H groups in total. The molecule has 178 valence electrons. The molecule has 2 aromatic rings. The molecule has 5 rings (SSSR count). The maximum absolute atomic E-state index is 13.4. The minimum Gasteiger partial charge on any atom is -0.483 e. The minimum absolute atomic E-state index is 0.0215. The molecule has 0 radical (unpaired) electrons. The van der Waals surface area contributed by atoms with Crippen LogP contribution in [0.25, 0.3) is 11.4 Å². The second-order valence-electron chi connectivity index (χ2n) is 9.08. The number of likely N-dealkylation sites (tertiary alicyclic amines) is 1. The van der Waals surface area contributed by atoms with Gasteiger partial charge in [-0.25, -0.2) is 18.7 Å². The van der Waals surface area contributed by atoms with E-state index in [1.165, 1.54) is 0 Å². The van der Waals surface area contributed by atoms with E-state index in [0.717, 1.165) is 61.4 Å². The number of hydrogen-bond donors (Lipinski definition) is 3. The van der Waals surface area contributed by atoms with E-state index in [4.69, 9.17) is 19.9 Å². The molecule has 0 bridgehead atoms. The number of halogens is 2. The highest BCUT2D eigenvalue weighted by Gasteiger charge is 2.56. The Balaban J connectivity index is 0.000000821. The molecule has 33 heavy (non-hydrogen) atoms. The quantitative estimate of drug-likeness (QED) is 0.570. The van der Waals surface area contributed by atoms with Crippen LogP contribution in [0.1, 0.15) is 36.9 Å². The zero-order valence-electron chi connectivity index (χ0n) is 18.5. The third-order valence-corrected chi connectivity index (χ3v) is 7.10. The van der Waals surface area contributed by atoms with Crippen LogP contribution in [0, 0.1) is 5.92 Å². The number of fused-ring (bicyclic) bond motifs is 2. The predicted octanol–water partition coefficient (Wildman–Crippen LogP) is 3.18. The lowest BCUT2D eigenvalue weighted by atomic mass is 9.76. The van der Waals surface area contributed by atoms with Gasteiger partial charge in [-0.1, -0.05) is 30.3 Å². The highest BCUT2D eigenvalue weighted by molar-refractivity contribution is 5.62. The fourth-order valence-electron chi connectivity index (χ4n) is 5.05. The first kappa shape index (κ1) is 23.5. The van der Waals surface area contributed by atoms with Gasteiger partial charge in [-0.15, -0.1) is 0 Å². The summed E-state index contributed by atoms with van der Waals surface area (Å²) in [6, 6.07) is 9.88. The third-order valence-electron chi connectivity index (χ3n) is 7.10. The number of β-amino-alcohol motifs (C(OH)–C–C–N with tert-alkyl or cyclic N) is 1. The third kappa shape index (κ3) is 4.99. The zero-order chi connectivity index (χ0) is 23.5. The van der Waals surface area contributed by atoms with E-state index < -0.39 is 11.8 Å². The average molecular weight is 461 g/mol. The molecule has 1 unspecified atom stereocenters. The number of hydrogen-bond acceptors (Lipinski definition) is 6. The Morgan fingerprint density at radius 2 is 1.82 bits per heavy atom. The number of aromatic nitrogens is 2. The van der Waals surface area contributed by atoms with Crippen molar-refractivity contribution >= 4 is 12.3 Å². The van der Waals surface area contributed by atoms with Gasteiger partial charge in [-0.3, -0.25) is 4.79 Å². The fraction of sp³-hybridized carbons (Fsp3) is 0.542. The lowest BCUT2D eigenvalue weighted by Crippen LogP contribution is -2.43. The summed E-state index contributed by atoms with van der Waals surface area (Å²) in [5, 5.41) is 19.4. The fourth-order valence-corrected chi connectivity index (χ4v) is 5.05. The number of nitrogens with zero attached hydrogens (tertiary/aromatic N) is 3. The molecule has 1 aromatic carbocycles. The molecule has 1 aromatic heterocycles. The van der Waals surface area contributed by atoms with E-state index in [2.05, 4.69) is 10.2 Å². The number of anilines is 1. The van der Waals surface area contributed by atoms with Crippen LogP contribution in [0.4, 0.5) is 14.6 Å². The summed E-state index contributed by atoms with van der Waals surface area (Å²) in [5.74, 6) is -1.73. The molecular formula is C24H30F2N4O3. The van der Waals surface area contributed by atoms with E-state index in [1.807, 2.05) is 30.3 Å². The lowest BCUT2D eigenvalue weighted by molar-refractivity contribution is -0.122. The van der Waals surface area contributed by atoms with Crippen molar-refractivity contribution < 1.29 is 23.8 Å². The number of aliphatic hydroxyl groups excluding tert-OH is 1. The van der Waals surface area contributed by atoms with Crippen molar-refractivity contribution in [1.82, 2.24) is 14.9 Å². The summed E-state index contributed by atoms with van der Waals surface area (Å²) >= 11 is 0. The molecule has 1 saturated heterocycles. The van der Waals surface area contributed by atoms with Crippen molar-refractivity contribution in [2.24, 2.45) is 5.92 Å². The molecule has 1 saturated carbocycles. The molecule has 0 amide bonds. The van der Waals surface area contributed by atoms with Crippen LogP contribution in [-0.4, -0.2) is 70.3 Å². The summed E-state index contributed by atoms with van der Waals surface area (Å²) in [6.07, 6.45) is 3.88. The Bertz CT molecular complexity index is 966. The van der Waals surface area contributed by atoms with Gasteiger partial charge in [-0.2, -0.15) is 0 Å². The van der Waals surface area contributed by atoms with Gasteiger partial charge in [0.15, 0.2) is 5.82 Å². The van der Waals surface area contributed by atoms with Gasteiger partial charge in [0, 0.05) is 42.0 Å². The Morgan fingerprint density at radius 1 is 1.15 bits per heavy atom. The number of aliphatic hydroxyl groups is 1. The molecule has 2 aliphatic carbocycles. The normalized spacial score (nSPS) is 22.2. The highest BCUT2D eigenvalue weighted by Crippen LogP contribution is 2.50. The van der Waals surface area contributed by atoms with Crippen molar-refractivity contribution in [3.8, 4) is 11.4 Å². The van der Waals surface area contributed by atoms with E-state index >= 15 is 0 Å². The van der Waals surface area contributed by atoms with Gasteiger partial charge < -0.3 is 20.4 Å². The van der Waals surface area contributed by atoms with Gasteiger partial charge in [-0.05, 0) is 38.8 Å². The SMILES string of the molecule is O=CO.OCCN1CCC2(CCc3c(NCC4CC4(F)F)nc(-c4ccccc4)nc32)CC1. The second kappa shape index (κ2) is 9.69. The molecule has 2 heterocycles. The van der Waals surface area contributed by atoms with Crippen molar-refractivity contribution in [3.63, 3.8) is 0 Å². The first-order chi connectivity index (χ1) is 15.9. The van der Waals surface area contributed by atoms with Crippen LogP contribution >= 0.6 is 0 Å². The predicted molar refractivity (Wildman–Crippen MR) is 120 cm³/mol. The molecule has 9 heteroatoms. The number of benzene rings is 1. The van der Waals surface area contributed by atoms with Gasteiger partial charge in [0.1, 0.15) is 5.82 Å². The molecule has 1 aliphatic heterocycles. The zero-order valence-corrected chi connectivity index (χ0v) is 18.5. The van der Waals surface area contributed by atoms with Crippen LogP contribution < -0.4 is 5.32 Å². The first-order valence-corrected chi connectivity index (χ1v) is 11.4. The summed E-state index contributed by atoms with van der Waals surface area (Å²) in [4.78, 5) is 20.5. The largest absolute Gasteiger partial charge is 0.483 e. The lowest BCUT2D eigenvalue weighted by Gasteiger charge is -2.39. The topological polar surface area (TPSA) is 98.6 Å².